The molecule has 0 aromatic heterocycles. The fraction of sp³-hybridized carbons (Fsp3) is 0.923. The number of carbonyl (C=O) groups is 1. The second kappa shape index (κ2) is 6.36. The van der Waals surface area contributed by atoms with Gasteiger partial charge in [-0.05, 0) is 51.7 Å². The fourth-order valence-electron chi connectivity index (χ4n) is 2.90. The van der Waals surface area contributed by atoms with Crippen LogP contribution in [0.25, 0.3) is 0 Å². The smallest absolute Gasteiger partial charge is 0.221 e. The van der Waals surface area contributed by atoms with Crippen molar-refractivity contribution in [3.63, 3.8) is 0 Å². The van der Waals surface area contributed by atoms with Gasteiger partial charge >= 0.3 is 0 Å². The number of amides is 1. The number of nitrogens with zero attached hydrogens (tertiary/aromatic N) is 1. The van der Waals surface area contributed by atoms with Crippen LogP contribution in [-0.4, -0.2) is 50.1 Å². The zero-order chi connectivity index (χ0) is 12.1. The van der Waals surface area contributed by atoms with Crippen molar-refractivity contribution < 1.29 is 4.79 Å². The minimum absolute atomic E-state index is 0.218. The van der Waals surface area contributed by atoms with Crippen LogP contribution in [-0.2, 0) is 4.79 Å². The maximum Gasteiger partial charge on any atom is 0.221 e. The molecule has 2 N–H and O–H groups in total. The van der Waals surface area contributed by atoms with E-state index in [2.05, 4.69) is 22.6 Å². The monoisotopic (exact) mass is 239 g/mol. The molecule has 0 saturated carbocycles. The van der Waals surface area contributed by atoms with Crippen molar-refractivity contribution in [1.29, 1.82) is 0 Å². The Balaban J connectivity index is 1.53. The number of likely N-dealkylation sites (tertiary alicyclic amines) is 1. The molecule has 2 aliphatic rings. The Labute approximate surface area is 104 Å². The molecule has 0 aromatic carbocycles. The predicted molar refractivity (Wildman–Crippen MR) is 68.9 cm³/mol. The van der Waals surface area contributed by atoms with Crippen LogP contribution < -0.4 is 10.6 Å². The van der Waals surface area contributed by atoms with Crippen LogP contribution in [0.2, 0.25) is 0 Å². The molecular formula is C13H25N3O. The zero-order valence-corrected chi connectivity index (χ0v) is 10.9. The van der Waals surface area contributed by atoms with Crippen LogP contribution in [0.3, 0.4) is 0 Å². The number of hydrogen-bond acceptors (Lipinski definition) is 3. The Morgan fingerprint density at radius 3 is 3.00 bits per heavy atom. The van der Waals surface area contributed by atoms with Crippen molar-refractivity contribution in [3.8, 4) is 0 Å². The third kappa shape index (κ3) is 4.28. The second-order valence-corrected chi connectivity index (χ2v) is 5.55. The summed E-state index contributed by atoms with van der Waals surface area (Å²) in [6, 6.07) is 0.424. The molecular weight excluding hydrogens is 214 g/mol. The minimum atomic E-state index is 0.218. The van der Waals surface area contributed by atoms with Gasteiger partial charge in [-0.2, -0.15) is 0 Å². The third-order valence-electron chi connectivity index (χ3n) is 3.96. The van der Waals surface area contributed by atoms with E-state index in [0.717, 1.165) is 31.8 Å². The number of rotatable bonds is 5. The molecule has 0 aromatic rings. The number of carbonyl (C=O) groups excluding carboxylic acids is 1. The molecule has 2 fully saturated rings. The highest BCUT2D eigenvalue weighted by Crippen LogP contribution is 2.17. The maximum absolute atomic E-state index is 11.7. The van der Waals surface area contributed by atoms with Gasteiger partial charge in [0.2, 0.25) is 5.91 Å². The van der Waals surface area contributed by atoms with Crippen LogP contribution in [0.4, 0.5) is 0 Å². The molecule has 2 rings (SSSR count). The van der Waals surface area contributed by atoms with E-state index in [1.807, 2.05) is 0 Å². The van der Waals surface area contributed by atoms with Crippen LogP contribution in [0.15, 0.2) is 0 Å². The summed E-state index contributed by atoms with van der Waals surface area (Å²) in [7, 11) is 2.17. The summed E-state index contributed by atoms with van der Waals surface area (Å²) >= 11 is 0. The highest BCUT2D eigenvalue weighted by molar-refractivity contribution is 5.76. The van der Waals surface area contributed by atoms with E-state index in [4.69, 9.17) is 0 Å². The third-order valence-corrected chi connectivity index (χ3v) is 3.96. The van der Waals surface area contributed by atoms with Crippen LogP contribution in [0.1, 0.15) is 32.1 Å². The molecule has 0 radical (unpaired) electrons. The molecule has 1 amide bonds. The zero-order valence-electron chi connectivity index (χ0n) is 10.9. The summed E-state index contributed by atoms with van der Waals surface area (Å²) < 4.78 is 0. The summed E-state index contributed by atoms with van der Waals surface area (Å²) in [4.78, 5) is 14.0. The van der Waals surface area contributed by atoms with Crippen LogP contribution in [0.5, 0.6) is 0 Å². The minimum Gasteiger partial charge on any atom is -0.356 e. The summed E-state index contributed by atoms with van der Waals surface area (Å²) in [6.45, 7) is 4.33. The van der Waals surface area contributed by atoms with Crippen molar-refractivity contribution in [2.75, 3.05) is 33.2 Å². The Hall–Kier alpha value is -0.610. The predicted octanol–water partition coefficient (Wildman–Crippen LogP) is 0.587. The molecule has 2 unspecified atom stereocenters. The maximum atomic E-state index is 11.7. The van der Waals surface area contributed by atoms with Gasteiger partial charge in [0.1, 0.15) is 0 Å². The Bertz CT molecular complexity index is 251. The van der Waals surface area contributed by atoms with Crippen molar-refractivity contribution in [2.45, 2.75) is 38.1 Å². The first-order valence-corrected chi connectivity index (χ1v) is 6.92. The van der Waals surface area contributed by atoms with Gasteiger partial charge in [0.05, 0.1) is 0 Å². The summed E-state index contributed by atoms with van der Waals surface area (Å²) in [5, 5.41) is 6.41. The topological polar surface area (TPSA) is 44.4 Å². The van der Waals surface area contributed by atoms with E-state index in [1.165, 1.54) is 25.9 Å². The first-order valence-electron chi connectivity index (χ1n) is 6.92. The lowest BCUT2D eigenvalue weighted by atomic mass is 10.1. The van der Waals surface area contributed by atoms with Gasteiger partial charge in [0.25, 0.3) is 0 Å². The molecule has 0 bridgehead atoms. The molecule has 4 heteroatoms. The van der Waals surface area contributed by atoms with E-state index in [0.29, 0.717) is 12.5 Å². The standard InChI is InChI=1S/C13H25N3O/c1-16-8-5-11(10-16)4-7-15-13(17)9-12-3-2-6-14-12/h11-12,14H,2-10H2,1H3,(H,15,17). The van der Waals surface area contributed by atoms with Crippen LogP contribution in [0, 0.1) is 5.92 Å². The first kappa shape index (κ1) is 12.8. The Kier molecular flexibility index (Phi) is 4.80. The van der Waals surface area contributed by atoms with Crippen molar-refractivity contribution in [3.05, 3.63) is 0 Å². The first-order chi connectivity index (χ1) is 8.24. The molecule has 98 valence electrons. The van der Waals surface area contributed by atoms with Gasteiger partial charge in [0.15, 0.2) is 0 Å². The van der Waals surface area contributed by atoms with E-state index in [-0.39, 0.29) is 5.91 Å². The highest BCUT2D eigenvalue weighted by Gasteiger charge is 2.20. The van der Waals surface area contributed by atoms with Crippen molar-refractivity contribution in [2.24, 2.45) is 5.92 Å². The summed E-state index contributed by atoms with van der Waals surface area (Å²) in [5.74, 6) is 1.00. The van der Waals surface area contributed by atoms with Crippen molar-refractivity contribution in [1.82, 2.24) is 15.5 Å². The van der Waals surface area contributed by atoms with E-state index >= 15 is 0 Å². The molecule has 2 aliphatic heterocycles. The van der Waals surface area contributed by atoms with Gasteiger partial charge in [-0.25, -0.2) is 0 Å². The van der Waals surface area contributed by atoms with Crippen LogP contribution >= 0.6 is 0 Å². The summed E-state index contributed by atoms with van der Waals surface area (Å²) in [6.07, 6.45) is 5.45. The molecule has 2 heterocycles. The molecule has 2 atom stereocenters. The molecule has 0 spiro atoms. The molecule has 4 nitrogen and oxygen atoms in total. The SMILES string of the molecule is CN1CCC(CCNC(=O)CC2CCCN2)C1. The Morgan fingerprint density at radius 2 is 2.35 bits per heavy atom. The number of hydrogen-bond donors (Lipinski definition) is 2. The Morgan fingerprint density at radius 1 is 1.47 bits per heavy atom. The second-order valence-electron chi connectivity index (χ2n) is 5.55. The average Bonchev–Trinajstić information content (AvgIpc) is 2.90. The highest BCUT2D eigenvalue weighted by atomic mass is 16.1. The fourth-order valence-corrected chi connectivity index (χ4v) is 2.90. The van der Waals surface area contributed by atoms with Crippen molar-refractivity contribution >= 4 is 5.91 Å². The molecule has 2 saturated heterocycles. The van der Waals surface area contributed by atoms with Gasteiger partial charge in [-0.1, -0.05) is 0 Å². The van der Waals surface area contributed by atoms with Gasteiger partial charge in [-0.3, -0.25) is 4.79 Å². The van der Waals surface area contributed by atoms with Gasteiger partial charge < -0.3 is 15.5 Å². The van der Waals surface area contributed by atoms with E-state index in [9.17, 15) is 4.79 Å². The number of nitrogens with one attached hydrogen (secondary N) is 2. The van der Waals surface area contributed by atoms with Gasteiger partial charge in [-0.15, -0.1) is 0 Å². The lowest BCUT2D eigenvalue weighted by Gasteiger charge is -2.13. The normalized spacial score (nSPS) is 29.7. The quantitative estimate of drug-likeness (QED) is 0.738. The summed E-state index contributed by atoms with van der Waals surface area (Å²) in [5.41, 5.74) is 0. The molecule has 17 heavy (non-hydrogen) atoms. The van der Waals surface area contributed by atoms with E-state index in [1.54, 1.807) is 0 Å². The lowest BCUT2D eigenvalue weighted by Crippen LogP contribution is -2.33. The van der Waals surface area contributed by atoms with Gasteiger partial charge in [0, 0.05) is 25.6 Å². The largest absolute Gasteiger partial charge is 0.356 e. The van der Waals surface area contributed by atoms with E-state index < -0.39 is 0 Å². The lowest BCUT2D eigenvalue weighted by molar-refractivity contribution is -0.121. The molecule has 0 aliphatic carbocycles. The average molecular weight is 239 g/mol.